The first kappa shape index (κ1) is 12.2. The minimum absolute atomic E-state index is 0.429. The molecule has 0 unspecified atom stereocenters. The van der Waals surface area contributed by atoms with Gasteiger partial charge in [-0.15, -0.1) is 0 Å². The summed E-state index contributed by atoms with van der Waals surface area (Å²) in [4.78, 5) is 13.8. The van der Waals surface area contributed by atoms with E-state index >= 15 is 0 Å². The molecule has 6 heteroatoms. The molecule has 0 amide bonds. The van der Waals surface area contributed by atoms with Crippen molar-refractivity contribution < 1.29 is 9.15 Å². The standard InChI is InChI=1S/C14H13N3O3/c1-19-12-5-3-2-4-9(12)16-10-7-11-13(6-8(10)15)20-14(18)17-11/h2-7,16H,15H2,1H3,(H,17,18). The number of aromatic amines is 1. The summed E-state index contributed by atoms with van der Waals surface area (Å²) < 4.78 is 10.2. The lowest BCUT2D eigenvalue weighted by molar-refractivity contribution is 0.417. The lowest BCUT2D eigenvalue weighted by atomic mass is 10.2. The van der Waals surface area contributed by atoms with Gasteiger partial charge in [0.1, 0.15) is 5.75 Å². The van der Waals surface area contributed by atoms with Crippen molar-refractivity contribution in [2.75, 3.05) is 18.2 Å². The first-order valence-electron chi connectivity index (χ1n) is 6.00. The molecule has 0 saturated heterocycles. The quantitative estimate of drug-likeness (QED) is 0.636. The largest absolute Gasteiger partial charge is 0.495 e. The number of rotatable bonds is 3. The summed E-state index contributed by atoms with van der Waals surface area (Å²) in [5.74, 6) is 0.196. The fraction of sp³-hybridized carbons (Fsp3) is 0.0714. The Morgan fingerprint density at radius 3 is 2.85 bits per heavy atom. The molecule has 20 heavy (non-hydrogen) atoms. The van der Waals surface area contributed by atoms with Gasteiger partial charge >= 0.3 is 5.76 Å². The highest BCUT2D eigenvalue weighted by atomic mass is 16.5. The van der Waals surface area contributed by atoms with Crippen LogP contribution < -0.4 is 21.5 Å². The van der Waals surface area contributed by atoms with Crippen LogP contribution >= 0.6 is 0 Å². The monoisotopic (exact) mass is 271 g/mol. The van der Waals surface area contributed by atoms with Gasteiger partial charge in [-0.25, -0.2) is 4.79 Å². The fourth-order valence-corrected chi connectivity index (χ4v) is 2.01. The molecule has 0 fully saturated rings. The summed E-state index contributed by atoms with van der Waals surface area (Å²) in [6.45, 7) is 0. The van der Waals surface area contributed by atoms with Crippen LogP contribution in [0.1, 0.15) is 0 Å². The van der Waals surface area contributed by atoms with Gasteiger partial charge in [0, 0.05) is 6.07 Å². The van der Waals surface area contributed by atoms with Crippen molar-refractivity contribution in [3.63, 3.8) is 0 Å². The molecule has 2 aromatic carbocycles. The molecule has 3 rings (SSSR count). The van der Waals surface area contributed by atoms with Crippen LogP contribution in [0.4, 0.5) is 17.1 Å². The van der Waals surface area contributed by atoms with Gasteiger partial charge in [0.2, 0.25) is 0 Å². The van der Waals surface area contributed by atoms with E-state index in [1.54, 1.807) is 19.2 Å². The van der Waals surface area contributed by atoms with E-state index in [2.05, 4.69) is 10.3 Å². The zero-order chi connectivity index (χ0) is 14.1. The third-order valence-electron chi connectivity index (χ3n) is 2.97. The number of aromatic nitrogens is 1. The second-order valence-corrected chi connectivity index (χ2v) is 4.28. The zero-order valence-electron chi connectivity index (χ0n) is 10.8. The molecule has 0 aliphatic heterocycles. The van der Waals surface area contributed by atoms with E-state index in [9.17, 15) is 4.79 Å². The lowest BCUT2D eigenvalue weighted by Crippen LogP contribution is -1.98. The van der Waals surface area contributed by atoms with E-state index in [-0.39, 0.29) is 0 Å². The number of oxazole rings is 1. The average Bonchev–Trinajstić information content (AvgIpc) is 2.79. The van der Waals surface area contributed by atoms with Crippen molar-refractivity contribution in [2.45, 2.75) is 0 Å². The van der Waals surface area contributed by atoms with Gasteiger partial charge in [-0.05, 0) is 18.2 Å². The van der Waals surface area contributed by atoms with Crippen LogP contribution in [0.25, 0.3) is 11.1 Å². The molecule has 0 aliphatic rings. The number of anilines is 3. The maximum absolute atomic E-state index is 11.2. The fourth-order valence-electron chi connectivity index (χ4n) is 2.01. The van der Waals surface area contributed by atoms with Crippen molar-refractivity contribution >= 4 is 28.2 Å². The molecule has 0 spiro atoms. The SMILES string of the molecule is COc1ccccc1Nc1cc2[nH]c(=O)oc2cc1N. The molecule has 4 N–H and O–H groups in total. The number of ether oxygens (including phenoxy) is 1. The second-order valence-electron chi connectivity index (χ2n) is 4.28. The molecular weight excluding hydrogens is 258 g/mol. The summed E-state index contributed by atoms with van der Waals surface area (Å²) in [6.07, 6.45) is 0. The first-order valence-corrected chi connectivity index (χ1v) is 6.00. The van der Waals surface area contributed by atoms with Gasteiger partial charge in [-0.2, -0.15) is 0 Å². The predicted octanol–water partition coefficient (Wildman–Crippen LogP) is 2.46. The normalized spacial score (nSPS) is 10.7. The van der Waals surface area contributed by atoms with Gasteiger partial charge in [0.25, 0.3) is 0 Å². The van der Waals surface area contributed by atoms with Crippen molar-refractivity contribution in [1.29, 1.82) is 0 Å². The third kappa shape index (κ3) is 2.07. The van der Waals surface area contributed by atoms with Crippen molar-refractivity contribution in [3.05, 3.63) is 46.9 Å². The molecule has 0 atom stereocenters. The second kappa shape index (κ2) is 4.65. The summed E-state index contributed by atoms with van der Waals surface area (Å²) in [7, 11) is 1.60. The van der Waals surface area contributed by atoms with Crippen LogP contribution in [-0.4, -0.2) is 12.1 Å². The maximum Gasteiger partial charge on any atom is 0.417 e. The Morgan fingerprint density at radius 2 is 2.05 bits per heavy atom. The molecule has 0 radical (unpaired) electrons. The highest BCUT2D eigenvalue weighted by Gasteiger charge is 2.09. The summed E-state index contributed by atoms with van der Waals surface area (Å²) in [6, 6.07) is 10.8. The minimum Gasteiger partial charge on any atom is -0.495 e. The molecule has 0 saturated carbocycles. The van der Waals surface area contributed by atoms with Crippen molar-refractivity contribution in [2.24, 2.45) is 0 Å². The van der Waals surface area contributed by atoms with Crippen LogP contribution in [0, 0.1) is 0 Å². The van der Waals surface area contributed by atoms with Gasteiger partial charge in [0.05, 0.1) is 29.7 Å². The number of nitrogens with one attached hydrogen (secondary N) is 2. The molecule has 1 heterocycles. The number of para-hydroxylation sites is 2. The van der Waals surface area contributed by atoms with Crippen LogP contribution in [0.5, 0.6) is 5.75 Å². The van der Waals surface area contributed by atoms with Crippen molar-refractivity contribution in [3.8, 4) is 5.75 Å². The Bertz CT molecular complexity index is 820. The van der Waals surface area contributed by atoms with E-state index < -0.39 is 5.76 Å². The Balaban J connectivity index is 2.05. The van der Waals surface area contributed by atoms with E-state index in [0.29, 0.717) is 28.2 Å². The van der Waals surface area contributed by atoms with E-state index in [4.69, 9.17) is 14.9 Å². The van der Waals surface area contributed by atoms with E-state index in [0.717, 1.165) is 5.69 Å². The number of H-pyrrole nitrogens is 1. The Kier molecular flexibility index (Phi) is 2.83. The summed E-state index contributed by atoms with van der Waals surface area (Å²) >= 11 is 0. The molecule has 0 bridgehead atoms. The predicted molar refractivity (Wildman–Crippen MR) is 77.5 cm³/mol. The molecular formula is C14H13N3O3. The third-order valence-corrected chi connectivity index (χ3v) is 2.97. The molecule has 3 aromatic rings. The molecule has 102 valence electrons. The smallest absolute Gasteiger partial charge is 0.417 e. The minimum atomic E-state index is -0.506. The van der Waals surface area contributed by atoms with Gasteiger partial charge < -0.3 is 20.2 Å². The van der Waals surface area contributed by atoms with Crippen LogP contribution in [0.2, 0.25) is 0 Å². The zero-order valence-corrected chi connectivity index (χ0v) is 10.8. The summed E-state index contributed by atoms with van der Waals surface area (Å²) in [5, 5.41) is 3.18. The number of fused-ring (bicyclic) bond motifs is 1. The molecule has 1 aromatic heterocycles. The molecule has 6 nitrogen and oxygen atoms in total. The van der Waals surface area contributed by atoms with E-state index in [1.807, 2.05) is 24.3 Å². The number of methoxy groups -OCH3 is 1. The first-order chi connectivity index (χ1) is 9.67. The highest BCUT2D eigenvalue weighted by molar-refractivity contribution is 5.87. The van der Waals surface area contributed by atoms with Crippen LogP contribution in [0.15, 0.2) is 45.6 Å². The number of hydrogen-bond donors (Lipinski definition) is 3. The topological polar surface area (TPSA) is 93.3 Å². The number of benzene rings is 2. The Labute approximate surface area is 114 Å². The average molecular weight is 271 g/mol. The number of nitrogen functional groups attached to an aromatic ring is 1. The van der Waals surface area contributed by atoms with Crippen LogP contribution in [0.3, 0.4) is 0 Å². The van der Waals surface area contributed by atoms with Gasteiger partial charge in [0.15, 0.2) is 5.58 Å². The van der Waals surface area contributed by atoms with Gasteiger partial charge in [-0.3, -0.25) is 4.98 Å². The number of hydrogen-bond acceptors (Lipinski definition) is 5. The lowest BCUT2D eigenvalue weighted by Gasteiger charge is -2.12. The van der Waals surface area contributed by atoms with Gasteiger partial charge in [-0.1, -0.05) is 12.1 Å². The summed E-state index contributed by atoms with van der Waals surface area (Å²) in [5.41, 5.74) is 8.90. The van der Waals surface area contributed by atoms with E-state index in [1.165, 1.54) is 0 Å². The number of nitrogens with two attached hydrogens (primary N) is 1. The molecule has 0 aliphatic carbocycles. The van der Waals surface area contributed by atoms with Crippen LogP contribution in [-0.2, 0) is 0 Å². The Hall–Kier alpha value is -2.89. The van der Waals surface area contributed by atoms with Crippen molar-refractivity contribution in [1.82, 2.24) is 4.98 Å². The Morgan fingerprint density at radius 1 is 1.25 bits per heavy atom. The maximum atomic E-state index is 11.2. The highest BCUT2D eigenvalue weighted by Crippen LogP contribution is 2.31.